The lowest BCUT2D eigenvalue weighted by Crippen LogP contribution is -2.39. The molecule has 2 N–H and O–H groups in total. The van der Waals surface area contributed by atoms with E-state index in [4.69, 9.17) is 11.6 Å². The number of anilines is 1. The molecule has 5 heteroatoms. The van der Waals surface area contributed by atoms with Crippen LogP contribution in [0.3, 0.4) is 0 Å². The Morgan fingerprint density at radius 3 is 2.70 bits per heavy atom. The average Bonchev–Trinajstić information content (AvgIpc) is 2.72. The Morgan fingerprint density at radius 2 is 2.05 bits per heavy atom. The van der Waals surface area contributed by atoms with Crippen LogP contribution in [0.25, 0.3) is 0 Å². The molecule has 2 atom stereocenters. The molecule has 2 fully saturated rings. The molecule has 0 radical (unpaired) electrons. The highest BCUT2D eigenvalue weighted by Crippen LogP contribution is 2.33. The van der Waals surface area contributed by atoms with Gasteiger partial charge in [0.25, 0.3) is 0 Å². The minimum absolute atomic E-state index is 0.0699. The van der Waals surface area contributed by atoms with Crippen LogP contribution < -0.4 is 10.6 Å². The Kier molecular flexibility index (Phi) is 4.34. The molecule has 0 spiro atoms. The van der Waals surface area contributed by atoms with Crippen LogP contribution in [0.1, 0.15) is 32.1 Å². The van der Waals surface area contributed by atoms with Gasteiger partial charge in [-0.15, -0.1) is 0 Å². The molecule has 2 aliphatic rings. The summed E-state index contributed by atoms with van der Waals surface area (Å²) in [5, 5.41) is 7.09. The minimum Gasteiger partial charge on any atom is -0.325 e. The van der Waals surface area contributed by atoms with Gasteiger partial charge in [0.1, 0.15) is 0 Å². The van der Waals surface area contributed by atoms with Gasteiger partial charge in [-0.1, -0.05) is 27.5 Å². The number of amides is 1. The molecule has 0 saturated carbocycles. The molecule has 2 bridgehead atoms. The minimum atomic E-state index is 0.0699. The third kappa shape index (κ3) is 3.35. The van der Waals surface area contributed by atoms with Crippen LogP contribution in [0.4, 0.5) is 5.69 Å². The van der Waals surface area contributed by atoms with Gasteiger partial charge in [-0.05, 0) is 49.8 Å². The third-order valence-corrected chi connectivity index (χ3v) is 5.06. The summed E-state index contributed by atoms with van der Waals surface area (Å²) >= 11 is 9.48. The van der Waals surface area contributed by atoms with Crippen molar-refractivity contribution in [3.63, 3.8) is 0 Å². The SMILES string of the molecule is O=C(CC1CC2CCC(C1)N2)Nc1ccc(Br)cc1Cl. The smallest absolute Gasteiger partial charge is 0.224 e. The zero-order chi connectivity index (χ0) is 14.1. The molecular formula is C15H18BrClN2O. The maximum Gasteiger partial charge on any atom is 0.224 e. The molecule has 2 heterocycles. The molecular weight excluding hydrogens is 340 g/mol. The van der Waals surface area contributed by atoms with Crippen LogP contribution in [0.5, 0.6) is 0 Å². The topological polar surface area (TPSA) is 41.1 Å². The number of hydrogen-bond donors (Lipinski definition) is 2. The quantitative estimate of drug-likeness (QED) is 0.859. The fourth-order valence-corrected chi connectivity index (χ4v) is 4.12. The number of carbonyl (C=O) groups excluding carboxylic acids is 1. The summed E-state index contributed by atoms with van der Waals surface area (Å²) < 4.78 is 0.912. The van der Waals surface area contributed by atoms with Crippen molar-refractivity contribution in [1.82, 2.24) is 5.32 Å². The Balaban J connectivity index is 1.57. The molecule has 2 unspecified atom stereocenters. The van der Waals surface area contributed by atoms with Gasteiger partial charge in [-0.3, -0.25) is 4.79 Å². The number of nitrogens with one attached hydrogen (secondary N) is 2. The molecule has 20 heavy (non-hydrogen) atoms. The second-order valence-corrected chi connectivity index (χ2v) is 7.17. The third-order valence-electron chi connectivity index (χ3n) is 4.25. The first kappa shape index (κ1) is 14.4. The van der Waals surface area contributed by atoms with E-state index in [1.807, 2.05) is 12.1 Å². The first-order chi connectivity index (χ1) is 9.60. The predicted molar refractivity (Wildman–Crippen MR) is 85.1 cm³/mol. The van der Waals surface area contributed by atoms with Crippen molar-refractivity contribution >= 4 is 39.1 Å². The second kappa shape index (κ2) is 6.04. The lowest BCUT2D eigenvalue weighted by Gasteiger charge is -2.28. The first-order valence-electron chi connectivity index (χ1n) is 7.11. The Labute approximate surface area is 132 Å². The van der Waals surface area contributed by atoms with Gasteiger partial charge in [0.2, 0.25) is 5.91 Å². The van der Waals surface area contributed by atoms with Gasteiger partial charge < -0.3 is 10.6 Å². The normalized spacial score (nSPS) is 28.4. The lowest BCUT2D eigenvalue weighted by atomic mass is 9.89. The number of benzene rings is 1. The summed E-state index contributed by atoms with van der Waals surface area (Å²) in [6.45, 7) is 0. The maximum atomic E-state index is 12.1. The van der Waals surface area contributed by atoms with E-state index >= 15 is 0 Å². The number of carbonyl (C=O) groups is 1. The predicted octanol–water partition coefficient (Wildman–Crippen LogP) is 3.96. The molecule has 108 valence electrons. The molecule has 3 rings (SSSR count). The summed E-state index contributed by atoms with van der Waals surface area (Å²) in [6, 6.07) is 6.76. The zero-order valence-corrected chi connectivity index (χ0v) is 13.5. The van der Waals surface area contributed by atoms with Crippen molar-refractivity contribution in [1.29, 1.82) is 0 Å². The van der Waals surface area contributed by atoms with Gasteiger partial charge in [0, 0.05) is 23.0 Å². The maximum absolute atomic E-state index is 12.1. The van der Waals surface area contributed by atoms with Crippen LogP contribution in [0.2, 0.25) is 5.02 Å². The largest absolute Gasteiger partial charge is 0.325 e. The first-order valence-corrected chi connectivity index (χ1v) is 8.28. The molecule has 0 aliphatic carbocycles. The van der Waals surface area contributed by atoms with Crippen LogP contribution in [-0.2, 0) is 4.79 Å². The monoisotopic (exact) mass is 356 g/mol. The fraction of sp³-hybridized carbons (Fsp3) is 0.533. The lowest BCUT2D eigenvalue weighted by molar-refractivity contribution is -0.117. The molecule has 2 saturated heterocycles. The van der Waals surface area contributed by atoms with E-state index in [2.05, 4.69) is 26.6 Å². The van der Waals surface area contributed by atoms with Gasteiger partial charge >= 0.3 is 0 Å². The summed E-state index contributed by atoms with van der Waals surface area (Å²) in [4.78, 5) is 12.1. The molecule has 0 aromatic heterocycles. The van der Waals surface area contributed by atoms with E-state index in [1.165, 1.54) is 12.8 Å². The van der Waals surface area contributed by atoms with Crippen molar-refractivity contribution in [3.8, 4) is 0 Å². The summed E-state index contributed by atoms with van der Waals surface area (Å²) in [7, 11) is 0. The molecule has 1 aromatic carbocycles. The Bertz CT molecular complexity index is 511. The molecule has 3 nitrogen and oxygen atoms in total. The van der Waals surface area contributed by atoms with Crippen LogP contribution in [0.15, 0.2) is 22.7 Å². The number of hydrogen-bond acceptors (Lipinski definition) is 2. The molecule has 1 amide bonds. The highest BCUT2D eigenvalue weighted by atomic mass is 79.9. The van der Waals surface area contributed by atoms with Crippen molar-refractivity contribution < 1.29 is 4.79 Å². The van der Waals surface area contributed by atoms with Crippen molar-refractivity contribution in [2.45, 2.75) is 44.2 Å². The van der Waals surface area contributed by atoms with E-state index in [0.717, 1.165) is 17.3 Å². The Hall–Kier alpha value is -0.580. The van der Waals surface area contributed by atoms with Crippen LogP contribution >= 0.6 is 27.5 Å². The van der Waals surface area contributed by atoms with E-state index in [-0.39, 0.29) is 5.91 Å². The van der Waals surface area contributed by atoms with Crippen molar-refractivity contribution in [3.05, 3.63) is 27.7 Å². The van der Waals surface area contributed by atoms with Crippen LogP contribution in [0, 0.1) is 5.92 Å². The number of halogens is 2. The van der Waals surface area contributed by atoms with E-state index in [9.17, 15) is 4.79 Å². The van der Waals surface area contributed by atoms with Gasteiger partial charge in [-0.25, -0.2) is 0 Å². The highest BCUT2D eigenvalue weighted by molar-refractivity contribution is 9.10. The van der Waals surface area contributed by atoms with Gasteiger partial charge in [0.15, 0.2) is 0 Å². The number of fused-ring (bicyclic) bond motifs is 2. The summed E-state index contributed by atoms with van der Waals surface area (Å²) in [5.41, 5.74) is 0.691. The molecule has 1 aromatic rings. The van der Waals surface area contributed by atoms with E-state index in [1.54, 1.807) is 6.07 Å². The molecule has 2 aliphatic heterocycles. The summed E-state index contributed by atoms with van der Waals surface area (Å²) in [6.07, 6.45) is 5.37. The fourth-order valence-electron chi connectivity index (χ4n) is 3.40. The Morgan fingerprint density at radius 1 is 1.35 bits per heavy atom. The standard InChI is InChI=1S/C15H18BrClN2O/c16-10-1-4-14(13(17)8-10)19-15(20)7-9-5-11-2-3-12(6-9)18-11/h1,4,8-9,11-12,18H,2-3,5-7H2,(H,19,20). The van der Waals surface area contributed by atoms with Crippen molar-refractivity contribution in [2.75, 3.05) is 5.32 Å². The van der Waals surface area contributed by atoms with Crippen molar-refractivity contribution in [2.24, 2.45) is 5.92 Å². The van der Waals surface area contributed by atoms with Gasteiger partial charge in [-0.2, -0.15) is 0 Å². The van der Waals surface area contributed by atoms with E-state index < -0.39 is 0 Å². The number of rotatable bonds is 3. The average molecular weight is 358 g/mol. The van der Waals surface area contributed by atoms with E-state index in [0.29, 0.717) is 35.1 Å². The van der Waals surface area contributed by atoms with Crippen LogP contribution in [-0.4, -0.2) is 18.0 Å². The number of piperidine rings is 1. The van der Waals surface area contributed by atoms with Gasteiger partial charge in [0.05, 0.1) is 10.7 Å². The highest BCUT2D eigenvalue weighted by Gasteiger charge is 2.34. The second-order valence-electron chi connectivity index (χ2n) is 5.85. The zero-order valence-electron chi connectivity index (χ0n) is 11.2. The summed E-state index contributed by atoms with van der Waals surface area (Å²) in [5.74, 6) is 0.573.